The summed E-state index contributed by atoms with van der Waals surface area (Å²) in [6.07, 6.45) is 0.766. The zero-order valence-corrected chi connectivity index (χ0v) is 30.6. The van der Waals surface area contributed by atoms with Crippen molar-refractivity contribution in [2.45, 2.75) is 63.9 Å². The van der Waals surface area contributed by atoms with E-state index in [-0.39, 0.29) is 34.1 Å². The summed E-state index contributed by atoms with van der Waals surface area (Å²) >= 11 is 3.42. The van der Waals surface area contributed by atoms with Crippen molar-refractivity contribution >= 4 is 45.3 Å². The molecular weight excluding hydrogens is 743 g/mol. The Balaban J connectivity index is 0.00000562. The van der Waals surface area contributed by atoms with Gasteiger partial charge in [0.25, 0.3) is 0 Å². The summed E-state index contributed by atoms with van der Waals surface area (Å²) in [4.78, 5) is 37.6. The number of aliphatic imine (C=N–C) groups is 2. The zero-order chi connectivity index (χ0) is 35.0. The Kier molecular flexibility index (Phi) is 13.5. The molecule has 3 atom stereocenters. The number of ether oxygens (including phenoxy) is 1. The number of aliphatic carboxylic acids is 1. The molecule has 4 aromatic carbocycles. The molecular formula is C39H39BrN4NiO5. The number of likely N-dealkylation sites (tertiary alicyclic amines) is 1. The Hall–Kier alpha value is -4.31. The minimum absolute atomic E-state index is 0. The third-order valence-corrected chi connectivity index (χ3v) is 8.57. The average molecular weight is 782 g/mol. The molecule has 4 aromatic rings. The van der Waals surface area contributed by atoms with Crippen LogP contribution in [-0.4, -0.2) is 52.8 Å². The van der Waals surface area contributed by atoms with E-state index in [1.807, 2.05) is 48.5 Å². The number of halogens is 1. The number of hydrogen-bond acceptors (Lipinski definition) is 8. The van der Waals surface area contributed by atoms with Crippen molar-refractivity contribution in [3.05, 3.63) is 136 Å². The van der Waals surface area contributed by atoms with Gasteiger partial charge in [-0.1, -0.05) is 107 Å². The summed E-state index contributed by atoms with van der Waals surface area (Å²) in [6, 6.07) is 29.9. The molecule has 0 spiro atoms. The van der Waals surface area contributed by atoms with Gasteiger partial charge in [-0.05, 0) is 75.4 Å². The Bertz CT molecular complexity index is 1800. The molecule has 11 heteroatoms. The van der Waals surface area contributed by atoms with Crippen LogP contribution in [0.3, 0.4) is 0 Å². The quantitative estimate of drug-likeness (QED) is 0.118. The minimum atomic E-state index is -1.59. The number of carboxylic acids is 1. The molecule has 1 N–H and O–H groups in total. The van der Waals surface area contributed by atoms with Gasteiger partial charge in [-0.2, -0.15) is 0 Å². The van der Waals surface area contributed by atoms with Gasteiger partial charge < -0.3 is 25.1 Å². The van der Waals surface area contributed by atoms with Crippen LogP contribution in [0.25, 0.3) is 0 Å². The maximum absolute atomic E-state index is 13.8. The van der Waals surface area contributed by atoms with E-state index >= 15 is 0 Å². The summed E-state index contributed by atoms with van der Waals surface area (Å²) in [5.74, 6) is -1.78. The topological polar surface area (TPSA) is 129 Å². The van der Waals surface area contributed by atoms with Gasteiger partial charge in [0, 0.05) is 28.2 Å². The van der Waals surface area contributed by atoms with Gasteiger partial charge in [-0.25, -0.2) is 4.79 Å². The summed E-state index contributed by atoms with van der Waals surface area (Å²) < 4.78 is 6.27. The molecule has 1 fully saturated rings. The standard InChI is InChI=1S/C39H41BrN4O5.Ni/c1-39(2,3)49-38(48)43-34(28-20-22-29(40)23-21-28)35(37(46)47)42-33(27-15-8-5-9-16-27)30-17-10-11-18-31(30)41-36(45)32-19-12-24-44(32)25-26-13-6-4-7-14-26;/h4-11,13-18,20-23,32,34-35H,12,19,24-25H2,1-3H3,(H,41,45)(H,43,48)(H,46,47);/q;+2/p-2/t32-,34+,35-;/m0./s1. The molecule has 0 aliphatic carbocycles. The summed E-state index contributed by atoms with van der Waals surface area (Å²) in [6.45, 7) is 6.58. The number of para-hydroxylation sites is 1. The monoisotopic (exact) mass is 780 g/mol. The van der Waals surface area contributed by atoms with E-state index in [1.165, 1.54) is 0 Å². The average Bonchev–Trinajstić information content (AvgIpc) is 3.53. The molecule has 1 amide bonds. The molecule has 0 aromatic heterocycles. The van der Waals surface area contributed by atoms with Crippen LogP contribution in [0.1, 0.15) is 61.9 Å². The number of alkyl carbamates (subject to hydrolysis) is 1. The Labute approximate surface area is 311 Å². The Morgan fingerprint density at radius 2 is 1.54 bits per heavy atom. The van der Waals surface area contributed by atoms with E-state index < -0.39 is 29.7 Å². The molecule has 1 saturated heterocycles. The van der Waals surface area contributed by atoms with E-state index in [9.17, 15) is 19.8 Å². The van der Waals surface area contributed by atoms with Crippen molar-refractivity contribution in [3.63, 3.8) is 0 Å². The first-order valence-electron chi connectivity index (χ1n) is 16.2. The van der Waals surface area contributed by atoms with E-state index in [1.54, 1.807) is 81.4 Å². The minimum Gasteiger partial charge on any atom is -0.861 e. The number of rotatable bonds is 11. The predicted octanol–water partition coefficient (Wildman–Crippen LogP) is 5.72. The predicted molar refractivity (Wildman–Crippen MR) is 191 cm³/mol. The Morgan fingerprint density at radius 3 is 2.18 bits per heavy atom. The van der Waals surface area contributed by atoms with Crippen molar-refractivity contribution in [1.29, 1.82) is 0 Å². The van der Waals surface area contributed by atoms with Crippen LogP contribution in [0.5, 0.6) is 0 Å². The normalized spacial score (nSPS) is 16.6. The number of benzene rings is 4. The van der Waals surface area contributed by atoms with E-state index in [0.29, 0.717) is 35.3 Å². The molecule has 5 rings (SSSR count). The van der Waals surface area contributed by atoms with Gasteiger partial charge in [0.15, 0.2) is 0 Å². The van der Waals surface area contributed by atoms with Gasteiger partial charge in [0.2, 0.25) is 0 Å². The van der Waals surface area contributed by atoms with Gasteiger partial charge in [-0.15, -0.1) is 0 Å². The van der Waals surface area contributed by atoms with Crippen molar-refractivity contribution in [2.75, 3.05) is 6.54 Å². The van der Waals surface area contributed by atoms with Crippen LogP contribution in [0.15, 0.2) is 124 Å². The fourth-order valence-electron chi connectivity index (χ4n) is 5.82. The van der Waals surface area contributed by atoms with Crippen LogP contribution in [0.4, 0.5) is 10.5 Å². The Morgan fingerprint density at radius 1 is 0.920 bits per heavy atom. The maximum Gasteiger partial charge on any atom is 2.00 e. The summed E-state index contributed by atoms with van der Waals surface area (Å²) in [5.41, 5.74) is 2.48. The molecule has 1 aliphatic rings. The first-order chi connectivity index (χ1) is 23.5. The summed E-state index contributed by atoms with van der Waals surface area (Å²) in [7, 11) is 0. The second kappa shape index (κ2) is 17.6. The van der Waals surface area contributed by atoms with Crippen LogP contribution in [-0.2, 0) is 32.6 Å². The number of hydrogen-bond donors (Lipinski definition) is 1. The zero-order valence-electron chi connectivity index (χ0n) is 28.0. The molecule has 1 heterocycles. The number of carboxylic acid groups (broad SMARTS) is 1. The van der Waals surface area contributed by atoms with Crippen molar-refractivity contribution < 1.29 is 41.0 Å². The second-order valence-corrected chi connectivity index (χ2v) is 13.8. The summed E-state index contributed by atoms with van der Waals surface area (Å²) in [5, 5.41) is 29.5. The second-order valence-electron chi connectivity index (χ2n) is 12.9. The third-order valence-electron chi connectivity index (χ3n) is 8.04. The van der Waals surface area contributed by atoms with E-state index in [2.05, 4.69) is 31.1 Å². The van der Waals surface area contributed by atoms with Crippen molar-refractivity contribution in [3.8, 4) is 0 Å². The number of amides is 1. The van der Waals surface area contributed by atoms with Crippen LogP contribution in [0, 0.1) is 0 Å². The molecule has 50 heavy (non-hydrogen) atoms. The van der Waals surface area contributed by atoms with E-state index in [0.717, 1.165) is 23.0 Å². The molecule has 9 nitrogen and oxygen atoms in total. The van der Waals surface area contributed by atoms with Gasteiger partial charge in [-0.3, -0.25) is 14.9 Å². The number of carbonyl (C=O) groups is 2. The number of carbonyl (C=O) groups excluding carboxylic acids is 2. The van der Waals surface area contributed by atoms with Crippen molar-refractivity contribution in [2.24, 2.45) is 9.98 Å². The molecule has 0 radical (unpaired) electrons. The van der Waals surface area contributed by atoms with Crippen LogP contribution in [0.2, 0.25) is 0 Å². The SMILES string of the molecule is CC(C)(C)OC(=O)N[C@H](c1ccc(Br)cc1)[C@H](N=C(c1ccccc1)c1ccccc1N=C([O-])[C@@H]1CCCN1Cc1ccccc1)C(=O)[O-].[Ni+2]. The third kappa shape index (κ3) is 10.4. The van der Waals surface area contributed by atoms with E-state index in [4.69, 9.17) is 9.73 Å². The van der Waals surface area contributed by atoms with Gasteiger partial charge in [0.05, 0.1) is 23.4 Å². The number of nitrogens with one attached hydrogen (secondary N) is 1. The van der Waals surface area contributed by atoms with Gasteiger partial charge in [0.1, 0.15) is 11.6 Å². The largest absolute Gasteiger partial charge is 2.00 e. The fraction of sp³-hybridized carbons (Fsp3) is 0.282. The van der Waals surface area contributed by atoms with Crippen molar-refractivity contribution in [1.82, 2.24) is 10.2 Å². The molecule has 1 aliphatic heterocycles. The van der Waals surface area contributed by atoms with Gasteiger partial charge >= 0.3 is 22.6 Å². The maximum atomic E-state index is 13.8. The smallest absolute Gasteiger partial charge is 0.861 e. The number of nitrogens with zero attached hydrogens (tertiary/aromatic N) is 3. The van der Waals surface area contributed by atoms with Crippen LogP contribution >= 0.6 is 15.9 Å². The fourth-order valence-corrected chi connectivity index (χ4v) is 6.09. The first-order valence-corrected chi connectivity index (χ1v) is 17.0. The molecule has 0 unspecified atom stereocenters. The molecule has 262 valence electrons. The molecule has 0 saturated carbocycles. The first kappa shape index (κ1) is 38.5. The van der Waals surface area contributed by atoms with Crippen LogP contribution < -0.4 is 15.5 Å². The molecule has 0 bridgehead atoms.